The van der Waals surface area contributed by atoms with E-state index in [0.717, 1.165) is 33.6 Å². The second-order valence-corrected chi connectivity index (χ2v) is 6.64. The molecule has 0 aliphatic heterocycles. The van der Waals surface area contributed by atoms with Crippen molar-refractivity contribution in [2.24, 2.45) is 7.05 Å². The van der Waals surface area contributed by atoms with Crippen LogP contribution in [0.1, 0.15) is 11.5 Å². The van der Waals surface area contributed by atoms with Gasteiger partial charge in [-0.3, -0.25) is 0 Å². The second kappa shape index (κ2) is 6.80. The molecule has 0 spiro atoms. The third-order valence-electron chi connectivity index (χ3n) is 3.93. The number of aromatic nitrogens is 4. The maximum atomic E-state index is 13.0. The first-order chi connectivity index (χ1) is 12.6. The second-order valence-electron chi connectivity index (χ2n) is 5.70. The predicted octanol–water partition coefficient (Wildman–Crippen LogP) is 4.47. The number of rotatable bonds is 5. The summed E-state index contributed by atoms with van der Waals surface area (Å²) in [6.45, 7) is 1.89. The first-order valence-electron chi connectivity index (χ1n) is 7.89. The fraction of sp³-hybridized carbons (Fsp3) is 0.167. The zero-order valence-corrected chi connectivity index (χ0v) is 15.0. The van der Waals surface area contributed by atoms with Gasteiger partial charge in [-0.1, -0.05) is 11.8 Å². The Morgan fingerprint density at radius 2 is 1.92 bits per heavy atom. The van der Waals surface area contributed by atoms with Gasteiger partial charge in [0.1, 0.15) is 17.8 Å². The number of nitrogens with zero attached hydrogens (tertiary/aromatic N) is 4. The highest BCUT2D eigenvalue weighted by molar-refractivity contribution is 7.98. The van der Waals surface area contributed by atoms with Crippen LogP contribution >= 0.6 is 11.8 Å². The highest BCUT2D eigenvalue weighted by atomic mass is 32.2. The van der Waals surface area contributed by atoms with Gasteiger partial charge in [-0.2, -0.15) is 0 Å². The minimum absolute atomic E-state index is 0.290. The molecular formula is C18H15FN4O2S. The van der Waals surface area contributed by atoms with Crippen molar-refractivity contribution < 1.29 is 13.2 Å². The molecule has 3 heterocycles. The molecule has 3 aromatic heterocycles. The van der Waals surface area contributed by atoms with E-state index in [1.165, 1.54) is 23.9 Å². The van der Waals surface area contributed by atoms with E-state index >= 15 is 0 Å². The van der Waals surface area contributed by atoms with Gasteiger partial charge in [-0.25, -0.2) is 9.37 Å². The van der Waals surface area contributed by atoms with Crippen LogP contribution in [-0.4, -0.2) is 19.7 Å². The average molecular weight is 370 g/mol. The monoisotopic (exact) mass is 370 g/mol. The maximum absolute atomic E-state index is 13.0. The van der Waals surface area contributed by atoms with Crippen LogP contribution in [0.3, 0.4) is 0 Å². The number of hydrogen-bond acceptors (Lipinski definition) is 6. The van der Waals surface area contributed by atoms with Crippen molar-refractivity contribution in [2.75, 3.05) is 0 Å². The average Bonchev–Trinajstić information content (AvgIpc) is 3.35. The Labute approximate surface area is 153 Å². The van der Waals surface area contributed by atoms with E-state index in [2.05, 4.69) is 15.2 Å². The van der Waals surface area contributed by atoms with Crippen LogP contribution in [0.4, 0.5) is 4.39 Å². The summed E-state index contributed by atoms with van der Waals surface area (Å²) in [6.07, 6.45) is 3.24. The summed E-state index contributed by atoms with van der Waals surface area (Å²) in [7, 11) is 1.91. The molecule has 0 fully saturated rings. The molecule has 0 unspecified atom stereocenters. The summed E-state index contributed by atoms with van der Waals surface area (Å²) in [4.78, 5) is 4.44. The Morgan fingerprint density at radius 3 is 2.65 bits per heavy atom. The quantitative estimate of drug-likeness (QED) is 0.483. The molecule has 0 amide bonds. The van der Waals surface area contributed by atoms with Crippen LogP contribution in [0.15, 0.2) is 56.8 Å². The van der Waals surface area contributed by atoms with Crippen LogP contribution in [0, 0.1) is 12.7 Å². The number of oxazole rings is 1. The van der Waals surface area contributed by atoms with Gasteiger partial charge in [0.15, 0.2) is 11.0 Å². The SMILES string of the molecule is Cc1occc1-c1nnc(SCc2coc(-c3ccc(F)cc3)n2)n1C. The number of benzene rings is 1. The molecule has 4 rings (SSSR count). The Morgan fingerprint density at radius 1 is 1.12 bits per heavy atom. The van der Waals surface area contributed by atoms with Crippen LogP contribution < -0.4 is 0 Å². The summed E-state index contributed by atoms with van der Waals surface area (Å²) < 4.78 is 25.7. The zero-order valence-electron chi connectivity index (χ0n) is 14.1. The Kier molecular flexibility index (Phi) is 4.34. The van der Waals surface area contributed by atoms with Crippen molar-refractivity contribution in [3.63, 3.8) is 0 Å². The van der Waals surface area contributed by atoms with Gasteiger partial charge < -0.3 is 13.4 Å². The molecule has 0 aliphatic carbocycles. The topological polar surface area (TPSA) is 69.9 Å². The number of furan rings is 1. The molecule has 132 valence electrons. The fourth-order valence-corrected chi connectivity index (χ4v) is 3.32. The molecule has 6 nitrogen and oxygen atoms in total. The third kappa shape index (κ3) is 3.15. The van der Waals surface area contributed by atoms with Crippen molar-refractivity contribution in [1.29, 1.82) is 0 Å². The minimum atomic E-state index is -0.290. The van der Waals surface area contributed by atoms with Gasteiger partial charge >= 0.3 is 0 Å². The smallest absolute Gasteiger partial charge is 0.226 e. The van der Waals surface area contributed by atoms with Crippen LogP contribution in [0.5, 0.6) is 0 Å². The Balaban J connectivity index is 1.48. The van der Waals surface area contributed by atoms with E-state index in [1.54, 1.807) is 24.7 Å². The summed E-state index contributed by atoms with van der Waals surface area (Å²) in [5.41, 5.74) is 2.43. The Bertz CT molecular complexity index is 1040. The standard InChI is InChI=1S/C18H15FN4O2S/c1-11-15(7-8-24-11)16-21-22-18(23(16)2)26-10-14-9-25-17(20-14)12-3-5-13(19)6-4-12/h3-9H,10H2,1-2H3. The predicted molar refractivity (Wildman–Crippen MR) is 94.9 cm³/mol. The minimum Gasteiger partial charge on any atom is -0.469 e. The van der Waals surface area contributed by atoms with Crippen molar-refractivity contribution in [3.05, 3.63) is 60.1 Å². The number of thioether (sulfide) groups is 1. The summed E-state index contributed by atoms with van der Waals surface area (Å²) in [5.74, 6) is 2.32. The van der Waals surface area contributed by atoms with Gasteiger partial charge in [-0.15, -0.1) is 10.2 Å². The van der Waals surface area contributed by atoms with Gasteiger partial charge in [0.05, 0.1) is 17.5 Å². The molecule has 0 N–H and O–H groups in total. The number of hydrogen-bond donors (Lipinski definition) is 0. The first-order valence-corrected chi connectivity index (χ1v) is 8.87. The van der Waals surface area contributed by atoms with Gasteiger partial charge in [0, 0.05) is 18.4 Å². The van der Waals surface area contributed by atoms with Crippen LogP contribution in [0.2, 0.25) is 0 Å². The van der Waals surface area contributed by atoms with Crippen LogP contribution in [-0.2, 0) is 12.8 Å². The molecule has 1 aromatic carbocycles. The molecule has 8 heteroatoms. The first kappa shape index (κ1) is 16.6. The molecule has 4 aromatic rings. The molecule has 0 atom stereocenters. The third-order valence-corrected chi connectivity index (χ3v) is 4.98. The van der Waals surface area contributed by atoms with Crippen molar-refractivity contribution in [3.8, 4) is 22.8 Å². The largest absolute Gasteiger partial charge is 0.469 e. The van der Waals surface area contributed by atoms with Gasteiger partial charge in [-0.05, 0) is 37.3 Å². The lowest BCUT2D eigenvalue weighted by molar-refractivity contribution is 0.534. The summed E-state index contributed by atoms with van der Waals surface area (Å²) >= 11 is 1.51. The van der Waals surface area contributed by atoms with Crippen molar-refractivity contribution in [1.82, 2.24) is 19.7 Å². The molecule has 26 heavy (non-hydrogen) atoms. The van der Waals surface area contributed by atoms with E-state index in [4.69, 9.17) is 8.83 Å². The summed E-state index contributed by atoms with van der Waals surface area (Å²) in [5, 5.41) is 9.25. The van der Waals surface area contributed by atoms with Crippen LogP contribution in [0.25, 0.3) is 22.8 Å². The van der Waals surface area contributed by atoms with Gasteiger partial charge in [0.2, 0.25) is 5.89 Å². The molecular weight excluding hydrogens is 355 g/mol. The lowest BCUT2D eigenvalue weighted by Crippen LogP contribution is -1.95. The lowest BCUT2D eigenvalue weighted by Gasteiger charge is -2.01. The van der Waals surface area contributed by atoms with Gasteiger partial charge in [0.25, 0.3) is 0 Å². The zero-order chi connectivity index (χ0) is 18.1. The number of aryl methyl sites for hydroxylation is 1. The highest BCUT2D eigenvalue weighted by Gasteiger charge is 2.15. The van der Waals surface area contributed by atoms with E-state index in [1.807, 2.05) is 24.6 Å². The molecule has 0 bridgehead atoms. The van der Waals surface area contributed by atoms with Crippen molar-refractivity contribution >= 4 is 11.8 Å². The van der Waals surface area contributed by atoms with E-state index in [9.17, 15) is 4.39 Å². The van der Waals surface area contributed by atoms with E-state index < -0.39 is 0 Å². The number of halogens is 1. The highest BCUT2D eigenvalue weighted by Crippen LogP contribution is 2.28. The van der Waals surface area contributed by atoms with Crippen molar-refractivity contribution in [2.45, 2.75) is 17.8 Å². The molecule has 0 saturated heterocycles. The van der Waals surface area contributed by atoms with E-state index in [-0.39, 0.29) is 5.82 Å². The summed E-state index contributed by atoms with van der Waals surface area (Å²) in [6, 6.07) is 7.92. The van der Waals surface area contributed by atoms with E-state index in [0.29, 0.717) is 11.6 Å². The normalized spacial score (nSPS) is 11.2. The Hall–Kier alpha value is -2.87. The molecule has 0 radical (unpaired) electrons. The maximum Gasteiger partial charge on any atom is 0.226 e. The molecule has 0 saturated carbocycles. The fourth-order valence-electron chi connectivity index (χ4n) is 2.53. The molecule has 0 aliphatic rings. The lowest BCUT2D eigenvalue weighted by atomic mass is 10.2.